The molecule has 25 heavy (non-hydrogen) atoms. The Bertz CT molecular complexity index is 673. The minimum Gasteiger partial charge on any atom is -0.497 e. The molecule has 1 aromatic rings. The Hall–Kier alpha value is -1.19. The van der Waals surface area contributed by atoms with Crippen molar-refractivity contribution < 1.29 is 26.8 Å². The van der Waals surface area contributed by atoms with E-state index in [0.717, 1.165) is 17.6 Å². The number of likely N-dealkylation sites (N-methyl/N-ethyl adjacent to an activating group) is 1. The fourth-order valence-corrected chi connectivity index (χ4v) is 3.76. The summed E-state index contributed by atoms with van der Waals surface area (Å²) in [5, 5.41) is 3.23. The molecule has 0 radical (unpaired) electrons. The van der Waals surface area contributed by atoms with Gasteiger partial charge in [-0.1, -0.05) is 12.1 Å². The van der Waals surface area contributed by atoms with Crippen molar-refractivity contribution >= 4 is 10.1 Å². The first-order chi connectivity index (χ1) is 11.6. The van der Waals surface area contributed by atoms with E-state index in [1.54, 1.807) is 27.9 Å². The highest BCUT2D eigenvalue weighted by Crippen LogP contribution is 2.37. The van der Waals surface area contributed by atoms with E-state index in [1.165, 1.54) is 0 Å². The Morgan fingerprint density at radius 1 is 1.16 bits per heavy atom. The van der Waals surface area contributed by atoms with Crippen LogP contribution in [-0.2, 0) is 23.8 Å². The molecule has 1 aromatic carbocycles. The van der Waals surface area contributed by atoms with Crippen molar-refractivity contribution in [3.63, 3.8) is 0 Å². The molecular formula is C17H27NO6S. The van der Waals surface area contributed by atoms with Crippen LogP contribution in [0.2, 0.25) is 0 Å². The highest BCUT2D eigenvalue weighted by molar-refractivity contribution is 7.86. The normalized spacial score (nSPS) is 25.5. The van der Waals surface area contributed by atoms with Crippen LogP contribution in [0.3, 0.4) is 0 Å². The second-order valence-electron chi connectivity index (χ2n) is 6.61. The number of rotatable bonds is 7. The molecule has 0 saturated carbocycles. The van der Waals surface area contributed by atoms with E-state index >= 15 is 0 Å². The molecule has 1 aliphatic rings. The maximum absolute atomic E-state index is 11.5. The van der Waals surface area contributed by atoms with E-state index in [2.05, 4.69) is 5.32 Å². The lowest BCUT2D eigenvalue weighted by atomic mass is 9.95. The van der Waals surface area contributed by atoms with Gasteiger partial charge >= 0.3 is 0 Å². The standard InChI is InChI=1S/C17H27NO6S/c1-11(24-25(6,19)20)15-16(23-17(2,3)22-15)14(18-4)12-7-9-13(21-5)10-8-12/h7-11,14-16,18H,1-6H3/t11-,14+,15+,16+/m0/s1. The predicted octanol–water partition coefficient (Wildman–Crippen LogP) is 1.84. The summed E-state index contributed by atoms with van der Waals surface area (Å²) >= 11 is 0. The predicted molar refractivity (Wildman–Crippen MR) is 94.0 cm³/mol. The number of hydrogen-bond donors (Lipinski definition) is 1. The third-order valence-electron chi connectivity index (χ3n) is 4.07. The fraction of sp³-hybridized carbons (Fsp3) is 0.647. The summed E-state index contributed by atoms with van der Waals surface area (Å²) in [7, 11) is -0.166. The topological polar surface area (TPSA) is 83.1 Å². The Morgan fingerprint density at radius 2 is 1.72 bits per heavy atom. The molecule has 1 saturated heterocycles. The molecule has 7 nitrogen and oxygen atoms in total. The van der Waals surface area contributed by atoms with Gasteiger partial charge in [-0.05, 0) is 45.5 Å². The summed E-state index contributed by atoms with van der Waals surface area (Å²) < 4.78 is 45.3. The smallest absolute Gasteiger partial charge is 0.264 e. The zero-order valence-corrected chi connectivity index (χ0v) is 16.3. The number of nitrogens with one attached hydrogen (secondary N) is 1. The Labute approximate surface area is 149 Å². The number of benzene rings is 1. The van der Waals surface area contributed by atoms with E-state index in [4.69, 9.17) is 18.4 Å². The van der Waals surface area contributed by atoms with Gasteiger partial charge in [-0.25, -0.2) is 0 Å². The summed E-state index contributed by atoms with van der Waals surface area (Å²) in [4.78, 5) is 0. The molecule has 0 aliphatic carbocycles. The fourth-order valence-electron chi connectivity index (χ4n) is 3.10. The van der Waals surface area contributed by atoms with Gasteiger partial charge in [0.05, 0.1) is 19.4 Å². The van der Waals surface area contributed by atoms with Crippen molar-refractivity contribution in [1.29, 1.82) is 0 Å². The van der Waals surface area contributed by atoms with Crippen LogP contribution in [0, 0.1) is 0 Å². The van der Waals surface area contributed by atoms with Gasteiger partial charge in [0.15, 0.2) is 5.79 Å². The van der Waals surface area contributed by atoms with Crippen LogP contribution in [0.4, 0.5) is 0 Å². The Kier molecular flexibility index (Phi) is 6.11. The highest BCUT2D eigenvalue weighted by atomic mass is 32.2. The molecule has 0 bridgehead atoms. The molecule has 0 aromatic heterocycles. The van der Waals surface area contributed by atoms with Crippen LogP contribution in [0.15, 0.2) is 24.3 Å². The molecule has 8 heteroatoms. The lowest BCUT2D eigenvalue weighted by molar-refractivity contribution is -0.154. The summed E-state index contributed by atoms with van der Waals surface area (Å²) in [6, 6.07) is 7.41. The Morgan fingerprint density at radius 3 is 2.20 bits per heavy atom. The summed E-state index contributed by atoms with van der Waals surface area (Å²) in [6.07, 6.45) is -0.635. The summed E-state index contributed by atoms with van der Waals surface area (Å²) in [5.74, 6) is -0.0840. The first-order valence-electron chi connectivity index (χ1n) is 8.11. The molecular weight excluding hydrogens is 346 g/mol. The monoisotopic (exact) mass is 373 g/mol. The van der Waals surface area contributed by atoms with Gasteiger partial charge in [0.1, 0.15) is 24.1 Å². The molecule has 1 aliphatic heterocycles. The van der Waals surface area contributed by atoms with Gasteiger partial charge < -0.3 is 19.5 Å². The number of methoxy groups -OCH3 is 1. The van der Waals surface area contributed by atoms with Crippen LogP contribution in [0.5, 0.6) is 5.75 Å². The van der Waals surface area contributed by atoms with E-state index < -0.39 is 34.2 Å². The average molecular weight is 373 g/mol. The molecule has 0 unspecified atom stereocenters. The molecule has 0 spiro atoms. The van der Waals surface area contributed by atoms with Crippen molar-refractivity contribution in [2.75, 3.05) is 20.4 Å². The molecule has 0 amide bonds. The second-order valence-corrected chi connectivity index (χ2v) is 8.21. The quantitative estimate of drug-likeness (QED) is 0.730. The van der Waals surface area contributed by atoms with Crippen molar-refractivity contribution in [2.45, 2.75) is 50.9 Å². The first kappa shape index (κ1) is 20.1. The maximum Gasteiger partial charge on any atom is 0.264 e. The minimum absolute atomic E-state index is 0.205. The molecule has 142 valence electrons. The highest BCUT2D eigenvalue weighted by Gasteiger charge is 2.48. The van der Waals surface area contributed by atoms with Crippen molar-refractivity contribution in [3.05, 3.63) is 29.8 Å². The first-order valence-corrected chi connectivity index (χ1v) is 9.93. The Balaban J connectivity index is 2.29. The van der Waals surface area contributed by atoms with E-state index in [0.29, 0.717) is 0 Å². The van der Waals surface area contributed by atoms with Crippen LogP contribution in [-0.4, -0.2) is 52.9 Å². The largest absolute Gasteiger partial charge is 0.497 e. The third kappa shape index (κ3) is 5.15. The number of ether oxygens (including phenoxy) is 3. The molecule has 1 heterocycles. The van der Waals surface area contributed by atoms with E-state index in [9.17, 15) is 8.42 Å². The SMILES string of the molecule is CN[C@H](c1ccc(OC)cc1)[C@H]1OC(C)(C)O[C@@H]1[C@H](C)OS(C)(=O)=O. The van der Waals surface area contributed by atoms with Gasteiger partial charge in [0.25, 0.3) is 10.1 Å². The van der Waals surface area contributed by atoms with Crippen LogP contribution in [0.1, 0.15) is 32.4 Å². The van der Waals surface area contributed by atoms with Gasteiger partial charge in [0.2, 0.25) is 0 Å². The van der Waals surface area contributed by atoms with Gasteiger partial charge in [0, 0.05) is 0 Å². The van der Waals surface area contributed by atoms with Crippen LogP contribution in [0.25, 0.3) is 0 Å². The van der Waals surface area contributed by atoms with Crippen molar-refractivity contribution in [3.8, 4) is 5.75 Å². The van der Waals surface area contributed by atoms with E-state index in [1.807, 2.05) is 31.3 Å². The van der Waals surface area contributed by atoms with Crippen LogP contribution < -0.4 is 10.1 Å². The summed E-state index contributed by atoms with van der Waals surface area (Å²) in [6.45, 7) is 5.27. The minimum atomic E-state index is -3.60. The number of hydrogen-bond acceptors (Lipinski definition) is 7. The lowest BCUT2D eigenvalue weighted by Gasteiger charge is -2.29. The van der Waals surface area contributed by atoms with Crippen LogP contribution >= 0.6 is 0 Å². The van der Waals surface area contributed by atoms with Gasteiger partial charge in [-0.15, -0.1) is 0 Å². The lowest BCUT2D eigenvalue weighted by Crippen LogP contribution is -2.43. The second kappa shape index (κ2) is 7.59. The van der Waals surface area contributed by atoms with Gasteiger partial charge in [-0.2, -0.15) is 8.42 Å². The zero-order chi connectivity index (χ0) is 18.8. The molecule has 1 N–H and O–H groups in total. The zero-order valence-electron chi connectivity index (χ0n) is 15.5. The maximum atomic E-state index is 11.5. The summed E-state index contributed by atoms with van der Waals surface area (Å²) in [5.41, 5.74) is 0.978. The average Bonchev–Trinajstić information content (AvgIpc) is 2.83. The van der Waals surface area contributed by atoms with Crippen molar-refractivity contribution in [1.82, 2.24) is 5.32 Å². The van der Waals surface area contributed by atoms with Crippen molar-refractivity contribution in [2.24, 2.45) is 0 Å². The van der Waals surface area contributed by atoms with E-state index in [-0.39, 0.29) is 6.04 Å². The third-order valence-corrected chi connectivity index (χ3v) is 4.72. The van der Waals surface area contributed by atoms with Gasteiger partial charge in [-0.3, -0.25) is 4.18 Å². The molecule has 1 fully saturated rings. The molecule has 2 rings (SSSR count). The molecule has 4 atom stereocenters.